The molecule has 5 rings (SSSR count). The molecule has 204 valence electrons. The number of ether oxygens (including phenoxy) is 2. The predicted octanol–water partition coefficient (Wildman–Crippen LogP) is 5.05. The number of hydrazone groups is 1. The van der Waals surface area contributed by atoms with E-state index in [0.717, 1.165) is 22.6 Å². The fourth-order valence-electron chi connectivity index (χ4n) is 4.47. The Hall–Kier alpha value is -4.44. The van der Waals surface area contributed by atoms with E-state index in [9.17, 15) is 14.4 Å². The number of hydrogen-bond donors (Lipinski definition) is 1. The van der Waals surface area contributed by atoms with Crippen LogP contribution in [0.2, 0.25) is 0 Å². The maximum Gasteiger partial charge on any atom is 0.338 e. The van der Waals surface area contributed by atoms with Crippen molar-refractivity contribution in [2.75, 3.05) is 19.0 Å². The van der Waals surface area contributed by atoms with Crippen molar-refractivity contribution in [2.24, 2.45) is 10.1 Å². The van der Waals surface area contributed by atoms with Crippen LogP contribution in [-0.2, 0) is 14.3 Å². The lowest BCUT2D eigenvalue weighted by Gasteiger charge is -2.23. The number of thioether (sulfide) groups is 1. The molecule has 2 heterocycles. The van der Waals surface area contributed by atoms with Crippen LogP contribution in [0.25, 0.3) is 0 Å². The molecule has 0 aromatic heterocycles. The largest absolute Gasteiger partial charge is 0.497 e. The Bertz CT molecular complexity index is 1460. The molecule has 3 aromatic carbocycles. The van der Waals surface area contributed by atoms with Gasteiger partial charge in [-0.05, 0) is 54.4 Å². The first-order chi connectivity index (χ1) is 19.4. The zero-order chi connectivity index (χ0) is 28.1. The van der Waals surface area contributed by atoms with Gasteiger partial charge in [-0.2, -0.15) is 10.1 Å². The Morgan fingerprint density at radius 2 is 1.75 bits per heavy atom. The van der Waals surface area contributed by atoms with Gasteiger partial charge in [-0.25, -0.2) is 9.80 Å². The van der Waals surface area contributed by atoms with E-state index in [4.69, 9.17) is 14.6 Å². The van der Waals surface area contributed by atoms with E-state index in [1.54, 1.807) is 43.3 Å². The van der Waals surface area contributed by atoms with Gasteiger partial charge in [0.1, 0.15) is 11.0 Å². The van der Waals surface area contributed by atoms with Gasteiger partial charge >= 0.3 is 5.97 Å². The number of nitrogens with zero attached hydrogens (tertiary/aromatic N) is 3. The molecule has 2 atom stereocenters. The molecule has 2 aliphatic rings. The number of nitrogens with one attached hydrogen (secondary N) is 1. The molecule has 2 amide bonds. The van der Waals surface area contributed by atoms with Crippen LogP contribution < -0.4 is 10.1 Å². The highest BCUT2D eigenvalue weighted by atomic mass is 32.2. The summed E-state index contributed by atoms with van der Waals surface area (Å²) in [6.45, 7) is 2.02. The number of carbonyl (C=O) groups is 3. The minimum absolute atomic E-state index is 0.0492. The van der Waals surface area contributed by atoms with E-state index >= 15 is 0 Å². The third-order valence-electron chi connectivity index (χ3n) is 6.49. The molecule has 3 aromatic rings. The molecule has 2 aliphatic heterocycles. The maximum atomic E-state index is 12.9. The average molecular weight is 557 g/mol. The quantitative estimate of drug-likeness (QED) is 0.387. The highest BCUT2D eigenvalue weighted by Gasteiger charge is 2.39. The number of rotatable bonds is 8. The molecule has 40 heavy (non-hydrogen) atoms. The van der Waals surface area contributed by atoms with Crippen LogP contribution in [-0.4, -0.2) is 52.6 Å². The summed E-state index contributed by atoms with van der Waals surface area (Å²) in [5.74, 6) is -0.370. The van der Waals surface area contributed by atoms with Crippen molar-refractivity contribution in [1.29, 1.82) is 0 Å². The third-order valence-corrected chi connectivity index (χ3v) is 7.64. The van der Waals surface area contributed by atoms with Gasteiger partial charge in [0.05, 0.1) is 31.0 Å². The van der Waals surface area contributed by atoms with Crippen molar-refractivity contribution in [3.63, 3.8) is 0 Å². The summed E-state index contributed by atoms with van der Waals surface area (Å²) < 4.78 is 10.3. The lowest BCUT2D eigenvalue weighted by molar-refractivity contribution is -0.121. The van der Waals surface area contributed by atoms with Gasteiger partial charge in [0.25, 0.3) is 5.91 Å². The number of benzene rings is 3. The lowest BCUT2D eigenvalue weighted by Crippen LogP contribution is -2.25. The van der Waals surface area contributed by atoms with Crippen molar-refractivity contribution in [3.8, 4) is 5.75 Å². The molecule has 0 spiro atoms. The van der Waals surface area contributed by atoms with Crippen molar-refractivity contribution in [1.82, 2.24) is 5.01 Å². The monoisotopic (exact) mass is 556 g/mol. The van der Waals surface area contributed by atoms with Crippen LogP contribution in [0.4, 0.5) is 5.69 Å². The molecular formula is C30H28N4O5S. The number of hydrogen-bond acceptors (Lipinski definition) is 8. The Kier molecular flexibility index (Phi) is 8.26. The summed E-state index contributed by atoms with van der Waals surface area (Å²) in [6.07, 6.45) is 0.587. The molecule has 9 nitrogen and oxygen atoms in total. The van der Waals surface area contributed by atoms with Crippen LogP contribution in [0.5, 0.6) is 5.75 Å². The summed E-state index contributed by atoms with van der Waals surface area (Å²) in [6, 6.07) is 23.9. The maximum absolute atomic E-state index is 12.9. The minimum Gasteiger partial charge on any atom is -0.497 e. The van der Waals surface area contributed by atoms with Crippen molar-refractivity contribution < 1.29 is 23.9 Å². The molecule has 0 saturated heterocycles. The second kappa shape index (κ2) is 12.2. The Morgan fingerprint density at radius 1 is 1.02 bits per heavy atom. The molecule has 1 N–H and O–H groups in total. The number of aliphatic imine (C=N–C) groups is 1. The summed E-state index contributed by atoms with van der Waals surface area (Å²) in [5.41, 5.74) is 3.82. The van der Waals surface area contributed by atoms with Gasteiger partial charge < -0.3 is 14.8 Å². The fraction of sp³-hybridized carbons (Fsp3) is 0.233. The fourth-order valence-corrected chi connectivity index (χ4v) is 5.53. The Balaban J connectivity index is 1.28. The highest BCUT2D eigenvalue weighted by Crippen LogP contribution is 2.39. The second-order valence-electron chi connectivity index (χ2n) is 9.14. The van der Waals surface area contributed by atoms with Crippen LogP contribution >= 0.6 is 11.8 Å². The number of amides is 2. The zero-order valence-corrected chi connectivity index (χ0v) is 22.9. The van der Waals surface area contributed by atoms with E-state index in [1.165, 1.54) is 11.8 Å². The summed E-state index contributed by atoms with van der Waals surface area (Å²) in [4.78, 5) is 41.8. The molecule has 0 aliphatic carbocycles. The van der Waals surface area contributed by atoms with Crippen LogP contribution in [0.3, 0.4) is 0 Å². The van der Waals surface area contributed by atoms with Gasteiger partial charge in [-0.1, -0.05) is 54.2 Å². The first-order valence-electron chi connectivity index (χ1n) is 12.9. The number of anilines is 1. The minimum atomic E-state index is -0.665. The van der Waals surface area contributed by atoms with E-state index in [2.05, 4.69) is 10.3 Å². The molecule has 10 heteroatoms. The first-order valence-corrected chi connectivity index (χ1v) is 13.8. The first kappa shape index (κ1) is 27.1. The SMILES string of the molecule is CCOC(=O)c1ccc(NC(=O)C[C@H]2SC(N3N=C(c4ccccc4)C[C@H]3c3ccc(OC)cc3)=NC2=O)cc1. The smallest absolute Gasteiger partial charge is 0.338 e. The van der Waals surface area contributed by atoms with Gasteiger partial charge in [0, 0.05) is 18.5 Å². The number of esters is 1. The molecule has 0 radical (unpaired) electrons. The predicted molar refractivity (Wildman–Crippen MR) is 155 cm³/mol. The van der Waals surface area contributed by atoms with Gasteiger partial charge in [-0.3, -0.25) is 9.59 Å². The summed E-state index contributed by atoms with van der Waals surface area (Å²) in [7, 11) is 1.62. The number of carbonyl (C=O) groups excluding carboxylic acids is 3. The lowest BCUT2D eigenvalue weighted by atomic mass is 9.98. The normalized spacial score (nSPS) is 18.2. The third kappa shape index (κ3) is 6.07. The van der Waals surface area contributed by atoms with Gasteiger partial charge in [-0.15, -0.1) is 0 Å². The van der Waals surface area contributed by atoms with Crippen molar-refractivity contribution >= 4 is 46.1 Å². The van der Waals surface area contributed by atoms with Gasteiger partial charge in [0.15, 0.2) is 5.17 Å². The van der Waals surface area contributed by atoms with E-state index < -0.39 is 11.2 Å². The molecule has 0 fully saturated rings. The Labute approximate surface area is 236 Å². The van der Waals surface area contributed by atoms with Crippen molar-refractivity contribution in [2.45, 2.75) is 31.1 Å². The highest BCUT2D eigenvalue weighted by molar-refractivity contribution is 8.15. The molecule has 0 unspecified atom stereocenters. The molecule has 0 saturated carbocycles. The van der Waals surface area contributed by atoms with Crippen LogP contribution in [0.1, 0.15) is 47.3 Å². The van der Waals surface area contributed by atoms with E-state index in [1.807, 2.05) is 54.6 Å². The zero-order valence-electron chi connectivity index (χ0n) is 22.1. The van der Waals surface area contributed by atoms with Crippen molar-refractivity contribution in [3.05, 3.63) is 95.6 Å². The summed E-state index contributed by atoms with van der Waals surface area (Å²) >= 11 is 1.24. The van der Waals surface area contributed by atoms with E-state index in [0.29, 0.717) is 22.8 Å². The molecular weight excluding hydrogens is 528 g/mol. The summed E-state index contributed by atoms with van der Waals surface area (Å²) in [5, 5.41) is 9.24. The topological polar surface area (TPSA) is 110 Å². The Morgan fingerprint density at radius 3 is 2.42 bits per heavy atom. The number of methoxy groups -OCH3 is 1. The molecule has 0 bridgehead atoms. The second-order valence-corrected chi connectivity index (χ2v) is 10.3. The standard InChI is InChI=1S/C30H28N4O5S/c1-3-39-29(37)21-9-13-22(14-10-21)31-27(35)18-26-28(36)32-30(40-26)34-25(20-11-15-23(38-2)16-12-20)17-24(33-34)19-7-5-4-6-8-19/h4-16,25-26H,3,17-18H2,1-2H3,(H,31,35)/t25-,26+/m0/s1. The number of amidine groups is 1. The van der Waals surface area contributed by atoms with E-state index in [-0.39, 0.29) is 30.9 Å². The average Bonchev–Trinajstić information content (AvgIpc) is 3.58. The van der Waals surface area contributed by atoms with Gasteiger partial charge in [0.2, 0.25) is 5.91 Å². The van der Waals surface area contributed by atoms with Crippen LogP contribution in [0.15, 0.2) is 89.0 Å². The van der Waals surface area contributed by atoms with Crippen LogP contribution in [0, 0.1) is 0 Å².